The molecule has 0 bridgehead atoms. The van der Waals surface area contributed by atoms with Gasteiger partial charge in [-0.05, 0) is 37.5 Å². The van der Waals surface area contributed by atoms with E-state index in [0.717, 1.165) is 24.0 Å². The summed E-state index contributed by atoms with van der Waals surface area (Å²) in [6.45, 7) is 9.77. The van der Waals surface area contributed by atoms with Crippen LogP contribution in [0.2, 0.25) is 0 Å². The highest BCUT2D eigenvalue weighted by Gasteiger charge is 2.51. The van der Waals surface area contributed by atoms with Crippen molar-refractivity contribution in [2.45, 2.75) is 77.4 Å². The summed E-state index contributed by atoms with van der Waals surface area (Å²) in [7, 11) is 0. The van der Waals surface area contributed by atoms with Gasteiger partial charge in [0.2, 0.25) is 0 Å². The Morgan fingerprint density at radius 3 is 2.39 bits per heavy atom. The number of hydrogen-bond donors (Lipinski definition) is 1. The molecule has 18 heavy (non-hydrogen) atoms. The van der Waals surface area contributed by atoms with Gasteiger partial charge in [0.25, 0.3) is 0 Å². The minimum absolute atomic E-state index is 0.586. The lowest BCUT2D eigenvalue weighted by Crippen LogP contribution is -2.59. The van der Waals surface area contributed by atoms with E-state index in [0.29, 0.717) is 5.41 Å². The Hall–Kier alpha value is -0.0800. The van der Waals surface area contributed by atoms with Crippen molar-refractivity contribution in [3.8, 4) is 0 Å². The van der Waals surface area contributed by atoms with Gasteiger partial charge in [0, 0.05) is 31.2 Å². The summed E-state index contributed by atoms with van der Waals surface area (Å²) in [5.74, 6) is 0.954. The topological polar surface area (TPSA) is 15.3 Å². The third-order valence-corrected chi connectivity index (χ3v) is 5.73. The monoisotopic (exact) mass is 250 g/mol. The Labute approximate surface area is 113 Å². The second-order valence-corrected chi connectivity index (χ2v) is 7.67. The summed E-state index contributed by atoms with van der Waals surface area (Å²) in [6.07, 6.45) is 8.75. The average molecular weight is 250 g/mol. The van der Waals surface area contributed by atoms with Gasteiger partial charge in [0.15, 0.2) is 0 Å². The molecular formula is C16H30N2. The quantitative estimate of drug-likeness (QED) is 0.810. The third-order valence-electron chi connectivity index (χ3n) is 5.73. The Morgan fingerprint density at radius 1 is 1.11 bits per heavy atom. The molecule has 0 aromatic rings. The molecule has 0 radical (unpaired) electrons. The van der Waals surface area contributed by atoms with Crippen LogP contribution in [0.25, 0.3) is 0 Å². The zero-order valence-electron chi connectivity index (χ0n) is 12.4. The fourth-order valence-corrected chi connectivity index (χ4v) is 4.20. The Morgan fingerprint density at radius 2 is 1.78 bits per heavy atom. The van der Waals surface area contributed by atoms with Crippen molar-refractivity contribution in [2.75, 3.05) is 13.1 Å². The summed E-state index contributed by atoms with van der Waals surface area (Å²) < 4.78 is 0. The van der Waals surface area contributed by atoms with Gasteiger partial charge in [-0.25, -0.2) is 0 Å². The first-order valence-electron chi connectivity index (χ1n) is 8.07. The highest BCUT2D eigenvalue weighted by atomic mass is 15.3. The zero-order chi connectivity index (χ0) is 12.8. The largest absolute Gasteiger partial charge is 0.311 e. The van der Waals surface area contributed by atoms with Crippen molar-refractivity contribution >= 4 is 0 Å². The molecule has 3 atom stereocenters. The molecule has 3 rings (SSSR count). The van der Waals surface area contributed by atoms with Crippen LogP contribution in [0.5, 0.6) is 0 Å². The molecule has 3 unspecified atom stereocenters. The molecule has 2 heteroatoms. The zero-order valence-corrected chi connectivity index (χ0v) is 12.4. The van der Waals surface area contributed by atoms with Gasteiger partial charge in [-0.3, -0.25) is 4.90 Å². The van der Waals surface area contributed by atoms with Crippen molar-refractivity contribution in [1.82, 2.24) is 10.2 Å². The van der Waals surface area contributed by atoms with E-state index in [-0.39, 0.29) is 0 Å². The molecule has 3 fully saturated rings. The van der Waals surface area contributed by atoms with E-state index >= 15 is 0 Å². The fraction of sp³-hybridized carbons (Fsp3) is 1.00. The lowest BCUT2D eigenvalue weighted by atomic mass is 9.82. The van der Waals surface area contributed by atoms with Crippen LogP contribution in [0.15, 0.2) is 0 Å². The summed E-state index contributed by atoms with van der Waals surface area (Å²) in [6, 6.07) is 2.37. The Bertz CT molecular complexity index is 293. The van der Waals surface area contributed by atoms with Gasteiger partial charge in [-0.1, -0.05) is 33.1 Å². The molecule has 2 aliphatic carbocycles. The molecule has 2 saturated carbocycles. The molecule has 0 spiro atoms. The SMILES string of the molecule is CC1CNC(C2CCCCC2)CN1C1CC1(C)C. The van der Waals surface area contributed by atoms with E-state index in [1.54, 1.807) is 0 Å². The minimum Gasteiger partial charge on any atom is -0.311 e. The molecule has 104 valence electrons. The van der Waals surface area contributed by atoms with Gasteiger partial charge in [-0.2, -0.15) is 0 Å². The number of nitrogens with zero attached hydrogens (tertiary/aromatic N) is 1. The normalized spacial score (nSPS) is 41.8. The summed E-state index contributed by atoms with van der Waals surface area (Å²) in [4.78, 5) is 2.82. The van der Waals surface area contributed by atoms with E-state index < -0.39 is 0 Å². The number of hydrogen-bond acceptors (Lipinski definition) is 2. The lowest BCUT2D eigenvalue weighted by molar-refractivity contribution is 0.0872. The highest BCUT2D eigenvalue weighted by molar-refractivity contribution is 5.06. The molecule has 1 aliphatic heterocycles. The van der Waals surface area contributed by atoms with Crippen LogP contribution in [-0.4, -0.2) is 36.1 Å². The van der Waals surface area contributed by atoms with Crippen LogP contribution >= 0.6 is 0 Å². The minimum atomic E-state index is 0.586. The van der Waals surface area contributed by atoms with Gasteiger partial charge < -0.3 is 5.32 Å². The summed E-state index contributed by atoms with van der Waals surface area (Å²) in [5.41, 5.74) is 0.586. The molecule has 0 aromatic carbocycles. The van der Waals surface area contributed by atoms with Crippen LogP contribution in [0, 0.1) is 11.3 Å². The van der Waals surface area contributed by atoms with Crippen LogP contribution in [0.1, 0.15) is 59.3 Å². The van der Waals surface area contributed by atoms with E-state index in [2.05, 4.69) is 31.0 Å². The predicted octanol–water partition coefficient (Wildman–Crippen LogP) is 3.03. The van der Waals surface area contributed by atoms with E-state index in [9.17, 15) is 0 Å². The van der Waals surface area contributed by atoms with Gasteiger partial charge in [0.1, 0.15) is 0 Å². The first-order chi connectivity index (χ1) is 8.58. The summed E-state index contributed by atoms with van der Waals surface area (Å²) >= 11 is 0. The van der Waals surface area contributed by atoms with E-state index in [4.69, 9.17) is 0 Å². The third kappa shape index (κ3) is 2.46. The maximum Gasteiger partial charge on any atom is 0.0224 e. The van der Waals surface area contributed by atoms with Crippen LogP contribution in [0.4, 0.5) is 0 Å². The second-order valence-electron chi connectivity index (χ2n) is 7.67. The van der Waals surface area contributed by atoms with E-state index in [1.165, 1.54) is 51.6 Å². The predicted molar refractivity (Wildman–Crippen MR) is 76.7 cm³/mol. The van der Waals surface area contributed by atoms with Gasteiger partial charge in [0.05, 0.1) is 0 Å². The van der Waals surface area contributed by atoms with Crippen LogP contribution in [-0.2, 0) is 0 Å². The molecule has 0 amide bonds. The lowest BCUT2D eigenvalue weighted by Gasteiger charge is -2.43. The Balaban J connectivity index is 1.61. The number of rotatable bonds is 2. The molecule has 0 aromatic heterocycles. The molecule has 1 heterocycles. The van der Waals surface area contributed by atoms with Gasteiger partial charge in [-0.15, -0.1) is 0 Å². The summed E-state index contributed by atoms with van der Waals surface area (Å²) in [5, 5.41) is 3.84. The van der Waals surface area contributed by atoms with Crippen molar-refractivity contribution in [2.24, 2.45) is 11.3 Å². The number of piperazine rings is 1. The smallest absolute Gasteiger partial charge is 0.0224 e. The Kier molecular flexibility index (Phi) is 3.44. The van der Waals surface area contributed by atoms with Gasteiger partial charge >= 0.3 is 0 Å². The van der Waals surface area contributed by atoms with Crippen LogP contribution in [0.3, 0.4) is 0 Å². The average Bonchev–Trinajstić information content (AvgIpc) is 3.00. The molecule has 3 aliphatic rings. The van der Waals surface area contributed by atoms with Crippen molar-refractivity contribution in [3.05, 3.63) is 0 Å². The molecule has 1 saturated heterocycles. The van der Waals surface area contributed by atoms with E-state index in [1.807, 2.05) is 0 Å². The van der Waals surface area contributed by atoms with Crippen molar-refractivity contribution in [1.29, 1.82) is 0 Å². The van der Waals surface area contributed by atoms with Crippen LogP contribution < -0.4 is 5.32 Å². The first-order valence-corrected chi connectivity index (χ1v) is 8.07. The van der Waals surface area contributed by atoms with Crippen molar-refractivity contribution < 1.29 is 0 Å². The maximum absolute atomic E-state index is 3.84. The number of nitrogens with one attached hydrogen (secondary N) is 1. The highest BCUT2D eigenvalue weighted by Crippen LogP contribution is 2.49. The molecule has 1 N–H and O–H groups in total. The maximum atomic E-state index is 3.84. The first kappa shape index (κ1) is 12.9. The second kappa shape index (κ2) is 4.79. The van der Waals surface area contributed by atoms with Crippen molar-refractivity contribution in [3.63, 3.8) is 0 Å². The molecular weight excluding hydrogens is 220 g/mol. The fourth-order valence-electron chi connectivity index (χ4n) is 4.20. The molecule has 2 nitrogen and oxygen atoms in total. The standard InChI is InChI=1S/C16H30N2/c1-12-10-17-14(13-7-5-4-6-8-13)11-18(12)15-9-16(15,2)3/h12-15,17H,4-11H2,1-3H3.